The van der Waals surface area contributed by atoms with Gasteiger partial charge in [0.15, 0.2) is 0 Å². The summed E-state index contributed by atoms with van der Waals surface area (Å²) in [5.41, 5.74) is 3.32. The predicted octanol–water partition coefficient (Wildman–Crippen LogP) is 1.75. The van der Waals surface area contributed by atoms with Crippen molar-refractivity contribution in [1.82, 2.24) is 4.72 Å². The standard InChI is InChI=1S/C12H13NO4S/c1-3-4-9-17-12(14)13-18(15,16)11-7-5-10(2)6-8-11/h4-8H,1,9H2,2H3,(H,13,14). The lowest BCUT2D eigenvalue weighted by molar-refractivity contribution is 0.165. The molecule has 18 heavy (non-hydrogen) atoms. The van der Waals surface area contributed by atoms with E-state index < -0.39 is 16.1 Å². The summed E-state index contributed by atoms with van der Waals surface area (Å²) in [6.45, 7) is 5.03. The van der Waals surface area contributed by atoms with E-state index in [-0.39, 0.29) is 11.5 Å². The molecule has 0 heterocycles. The van der Waals surface area contributed by atoms with Gasteiger partial charge in [-0.25, -0.2) is 17.9 Å². The van der Waals surface area contributed by atoms with Crippen molar-refractivity contribution in [2.75, 3.05) is 6.61 Å². The lowest BCUT2D eigenvalue weighted by Crippen LogP contribution is -2.31. The van der Waals surface area contributed by atoms with Gasteiger partial charge in [0.1, 0.15) is 6.61 Å². The van der Waals surface area contributed by atoms with Gasteiger partial charge in [0.25, 0.3) is 10.0 Å². The van der Waals surface area contributed by atoms with Gasteiger partial charge < -0.3 is 4.74 Å². The third kappa shape index (κ3) is 4.08. The molecule has 1 rings (SSSR count). The Balaban J connectivity index is 2.73. The molecule has 0 radical (unpaired) electrons. The second-order valence-electron chi connectivity index (χ2n) is 3.43. The van der Waals surface area contributed by atoms with Crippen LogP contribution in [0.4, 0.5) is 4.79 Å². The van der Waals surface area contributed by atoms with Crippen LogP contribution < -0.4 is 4.72 Å². The highest BCUT2D eigenvalue weighted by molar-refractivity contribution is 7.90. The second-order valence-corrected chi connectivity index (χ2v) is 5.11. The molecule has 0 aliphatic carbocycles. The van der Waals surface area contributed by atoms with Crippen molar-refractivity contribution in [1.29, 1.82) is 0 Å². The third-order valence-corrected chi connectivity index (χ3v) is 3.32. The van der Waals surface area contributed by atoms with Crippen LogP contribution in [0.2, 0.25) is 0 Å². The number of ether oxygens (including phenoxy) is 1. The predicted molar refractivity (Wildman–Crippen MR) is 66.6 cm³/mol. The van der Waals surface area contributed by atoms with Gasteiger partial charge in [0.05, 0.1) is 4.90 Å². The van der Waals surface area contributed by atoms with Crippen molar-refractivity contribution in [2.45, 2.75) is 11.8 Å². The van der Waals surface area contributed by atoms with E-state index in [0.29, 0.717) is 0 Å². The van der Waals surface area contributed by atoms with E-state index in [1.54, 1.807) is 16.9 Å². The van der Waals surface area contributed by atoms with Crippen molar-refractivity contribution >= 4 is 16.1 Å². The van der Waals surface area contributed by atoms with Gasteiger partial charge in [-0.3, -0.25) is 0 Å². The van der Waals surface area contributed by atoms with E-state index in [1.165, 1.54) is 18.2 Å². The number of carbonyl (C=O) groups is 1. The monoisotopic (exact) mass is 267 g/mol. The summed E-state index contributed by atoms with van der Waals surface area (Å²) in [6.07, 6.45) is 0.319. The van der Waals surface area contributed by atoms with Crippen LogP contribution in [0, 0.1) is 6.92 Å². The van der Waals surface area contributed by atoms with Gasteiger partial charge in [-0.15, -0.1) is 5.73 Å². The molecule has 0 atom stereocenters. The van der Waals surface area contributed by atoms with Crippen LogP contribution >= 0.6 is 0 Å². The van der Waals surface area contributed by atoms with Gasteiger partial charge in [-0.1, -0.05) is 24.3 Å². The van der Waals surface area contributed by atoms with Crippen LogP contribution in [0.15, 0.2) is 47.5 Å². The zero-order chi connectivity index (χ0) is 13.6. The fourth-order valence-electron chi connectivity index (χ4n) is 1.09. The molecule has 0 saturated carbocycles. The molecule has 96 valence electrons. The minimum Gasteiger partial charge on any atom is -0.444 e. The van der Waals surface area contributed by atoms with Crippen molar-refractivity contribution < 1.29 is 17.9 Å². The summed E-state index contributed by atoms with van der Waals surface area (Å²) in [5.74, 6) is 0. The van der Waals surface area contributed by atoms with Crippen LogP contribution in [0.3, 0.4) is 0 Å². The van der Waals surface area contributed by atoms with Crippen molar-refractivity contribution in [3.8, 4) is 0 Å². The number of rotatable bonds is 4. The Morgan fingerprint density at radius 3 is 2.61 bits per heavy atom. The highest BCUT2D eigenvalue weighted by atomic mass is 32.2. The fraction of sp³-hybridized carbons (Fsp3) is 0.167. The summed E-state index contributed by atoms with van der Waals surface area (Å²) in [7, 11) is -3.89. The first-order chi connectivity index (χ1) is 8.45. The number of sulfonamides is 1. The maximum absolute atomic E-state index is 11.7. The zero-order valence-electron chi connectivity index (χ0n) is 9.84. The Bertz CT molecular complexity index is 569. The first kappa shape index (κ1) is 14.0. The molecule has 0 unspecified atom stereocenters. The normalized spacial score (nSPS) is 10.3. The van der Waals surface area contributed by atoms with Crippen LogP contribution in [-0.4, -0.2) is 21.1 Å². The van der Waals surface area contributed by atoms with Gasteiger partial charge in [0.2, 0.25) is 0 Å². The number of carbonyl (C=O) groups excluding carboxylic acids is 1. The van der Waals surface area contributed by atoms with Crippen molar-refractivity contribution in [3.05, 3.63) is 48.2 Å². The fourth-order valence-corrected chi connectivity index (χ4v) is 1.98. The molecule has 1 amide bonds. The largest absolute Gasteiger partial charge is 0.444 e. The highest BCUT2D eigenvalue weighted by Crippen LogP contribution is 2.09. The summed E-state index contributed by atoms with van der Waals surface area (Å²) >= 11 is 0. The summed E-state index contributed by atoms with van der Waals surface area (Å²) < 4.78 is 29.8. The Kier molecular flexibility index (Phi) is 4.71. The van der Waals surface area contributed by atoms with E-state index in [9.17, 15) is 13.2 Å². The smallest absolute Gasteiger partial charge is 0.421 e. The quantitative estimate of drug-likeness (QED) is 0.843. The topological polar surface area (TPSA) is 72.5 Å². The molecule has 0 aromatic heterocycles. The summed E-state index contributed by atoms with van der Waals surface area (Å²) in [6, 6.07) is 6.10. The van der Waals surface area contributed by atoms with Crippen molar-refractivity contribution in [2.24, 2.45) is 0 Å². The van der Waals surface area contributed by atoms with Crippen LogP contribution in [0.5, 0.6) is 0 Å². The van der Waals surface area contributed by atoms with Gasteiger partial charge in [0, 0.05) is 0 Å². The van der Waals surface area contributed by atoms with Crippen molar-refractivity contribution in [3.63, 3.8) is 0 Å². The Labute approximate surface area is 106 Å². The SMILES string of the molecule is C=C=CCOC(=O)NS(=O)(=O)c1ccc(C)cc1. The highest BCUT2D eigenvalue weighted by Gasteiger charge is 2.17. The molecular formula is C12H13NO4S. The Hall–Kier alpha value is -2.04. The summed E-state index contributed by atoms with van der Waals surface area (Å²) in [4.78, 5) is 11.2. The molecule has 1 N–H and O–H groups in total. The number of hydrogen-bond donors (Lipinski definition) is 1. The van der Waals surface area contributed by atoms with Crippen LogP contribution in [-0.2, 0) is 14.8 Å². The number of amides is 1. The van der Waals surface area contributed by atoms with E-state index in [2.05, 4.69) is 17.0 Å². The minimum atomic E-state index is -3.89. The number of nitrogens with one attached hydrogen (secondary N) is 1. The van der Waals surface area contributed by atoms with Gasteiger partial charge >= 0.3 is 6.09 Å². The zero-order valence-corrected chi connectivity index (χ0v) is 10.7. The molecule has 0 saturated heterocycles. The molecule has 0 aliphatic rings. The molecule has 0 fully saturated rings. The molecule has 1 aromatic carbocycles. The second kappa shape index (κ2) is 6.05. The van der Waals surface area contributed by atoms with Gasteiger partial charge in [-0.2, -0.15) is 0 Å². The summed E-state index contributed by atoms with van der Waals surface area (Å²) in [5, 5.41) is 0. The first-order valence-corrected chi connectivity index (χ1v) is 6.54. The lowest BCUT2D eigenvalue weighted by atomic mass is 10.2. The number of hydrogen-bond acceptors (Lipinski definition) is 4. The van der Waals surface area contributed by atoms with Crippen LogP contribution in [0.1, 0.15) is 5.56 Å². The van der Waals surface area contributed by atoms with E-state index in [0.717, 1.165) is 5.56 Å². The Morgan fingerprint density at radius 2 is 2.06 bits per heavy atom. The number of aryl methyl sites for hydroxylation is 1. The third-order valence-electron chi connectivity index (χ3n) is 1.99. The first-order valence-electron chi connectivity index (χ1n) is 5.06. The minimum absolute atomic E-state index is 0.00399. The van der Waals surface area contributed by atoms with E-state index >= 15 is 0 Å². The van der Waals surface area contributed by atoms with E-state index in [1.807, 2.05) is 6.92 Å². The number of benzene rings is 1. The average molecular weight is 267 g/mol. The van der Waals surface area contributed by atoms with Gasteiger partial charge in [-0.05, 0) is 25.1 Å². The lowest BCUT2D eigenvalue weighted by Gasteiger charge is -2.06. The Morgan fingerprint density at radius 1 is 1.44 bits per heavy atom. The molecule has 0 bridgehead atoms. The maximum atomic E-state index is 11.7. The molecule has 0 aliphatic heterocycles. The molecule has 6 heteroatoms. The van der Waals surface area contributed by atoms with E-state index in [4.69, 9.17) is 0 Å². The maximum Gasteiger partial charge on any atom is 0.421 e. The molecular weight excluding hydrogens is 254 g/mol. The average Bonchev–Trinajstić information content (AvgIpc) is 2.29. The molecule has 5 nitrogen and oxygen atoms in total. The van der Waals surface area contributed by atoms with Crippen LogP contribution in [0.25, 0.3) is 0 Å². The molecule has 1 aromatic rings. The molecule has 0 spiro atoms.